The van der Waals surface area contributed by atoms with Crippen molar-refractivity contribution in [2.24, 2.45) is 0 Å². The van der Waals surface area contributed by atoms with Crippen LogP contribution in [0.5, 0.6) is 0 Å². The van der Waals surface area contributed by atoms with Crippen LogP contribution in [0.1, 0.15) is 22.8 Å². The monoisotopic (exact) mass is 715 g/mol. The van der Waals surface area contributed by atoms with E-state index in [1.165, 1.54) is 17.8 Å². The fraction of sp³-hybridized carbons (Fsp3) is 0.0645. The second-order valence-corrected chi connectivity index (χ2v) is 12.2. The summed E-state index contributed by atoms with van der Waals surface area (Å²) in [6, 6.07) is 28.2. The van der Waals surface area contributed by atoms with Gasteiger partial charge < -0.3 is 16.0 Å². The van der Waals surface area contributed by atoms with Gasteiger partial charge in [0.05, 0.1) is 5.25 Å². The van der Waals surface area contributed by atoms with E-state index in [9.17, 15) is 14.4 Å². The first kappa shape index (κ1) is 30.6. The number of amides is 3. The summed E-state index contributed by atoms with van der Waals surface area (Å²) < 4.78 is 1.08. The van der Waals surface area contributed by atoms with Crippen molar-refractivity contribution in [3.63, 3.8) is 0 Å². The summed E-state index contributed by atoms with van der Waals surface area (Å²) >= 11 is 16.2. The fourth-order valence-electron chi connectivity index (χ4n) is 3.62. The Balaban J connectivity index is 1.51. The van der Waals surface area contributed by atoms with Crippen LogP contribution in [0.3, 0.4) is 0 Å². The van der Waals surface area contributed by atoms with Gasteiger partial charge in [-0.1, -0.05) is 53.5 Å². The number of benzene rings is 4. The quantitative estimate of drug-likeness (QED) is 0.0928. The van der Waals surface area contributed by atoms with Crippen LogP contribution in [0.2, 0.25) is 10.0 Å². The number of hydrogen-bond acceptors (Lipinski definition) is 4. The molecule has 4 aromatic carbocycles. The predicted octanol–water partition coefficient (Wildman–Crippen LogP) is 8.13. The molecule has 0 spiro atoms. The lowest BCUT2D eigenvalue weighted by Gasteiger charge is -2.14. The van der Waals surface area contributed by atoms with Gasteiger partial charge in [-0.3, -0.25) is 14.4 Å². The van der Waals surface area contributed by atoms with E-state index >= 15 is 0 Å². The molecule has 0 bridgehead atoms. The summed E-state index contributed by atoms with van der Waals surface area (Å²) in [5.74, 6) is -1.18. The Bertz CT molecular complexity index is 1580. The third kappa shape index (κ3) is 8.84. The third-order valence-corrected chi connectivity index (χ3v) is 8.18. The van der Waals surface area contributed by atoms with Crippen LogP contribution in [-0.4, -0.2) is 23.0 Å². The minimum Gasteiger partial charge on any atom is -0.325 e. The van der Waals surface area contributed by atoms with Crippen LogP contribution in [0.4, 0.5) is 11.4 Å². The van der Waals surface area contributed by atoms with Crippen molar-refractivity contribution in [2.45, 2.75) is 17.1 Å². The zero-order valence-corrected chi connectivity index (χ0v) is 26.1. The summed E-state index contributed by atoms with van der Waals surface area (Å²) in [5, 5.41) is 8.67. The Labute approximate surface area is 266 Å². The maximum atomic E-state index is 13.4. The molecule has 0 fully saturated rings. The lowest BCUT2D eigenvalue weighted by atomic mass is 10.1. The lowest BCUT2D eigenvalue weighted by Crippen LogP contribution is -2.30. The predicted molar refractivity (Wildman–Crippen MR) is 177 cm³/mol. The van der Waals surface area contributed by atoms with Gasteiger partial charge in [0.25, 0.3) is 11.8 Å². The molecule has 0 aromatic heterocycles. The lowest BCUT2D eigenvalue weighted by molar-refractivity contribution is -0.115. The zero-order chi connectivity index (χ0) is 29.4. The molecule has 4 aromatic rings. The van der Waals surface area contributed by atoms with E-state index in [4.69, 9.17) is 23.2 Å². The molecular formula is C31H24Cl2IN3O3S. The molecule has 0 saturated carbocycles. The van der Waals surface area contributed by atoms with E-state index in [0.29, 0.717) is 26.9 Å². The summed E-state index contributed by atoms with van der Waals surface area (Å²) in [4.78, 5) is 39.9. The number of carbonyl (C=O) groups excluding carboxylic acids is 3. The van der Waals surface area contributed by atoms with E-state index in [0.717, 1.165) is 14.2 Å². The van der Waals surface area contributed by atoms with Gasteiger partial charge in [-0.25, -0.2) is 0 Å². The van der Waals surface area contributed by atoms with E-state index in [1.54, 1.807) is 66.7 Å². The van der Waals surface area contributed by atoms with Crippen molar-refractivity contribution in [3.05, 3.63) is 128 Å². The first-order valence-electron chi connectivity index (χ1n) is 12.4. The van der Waals surface area contributed by atoms with Crippen molar-refractivity contribution in [1.29, 1.82) is 0 Å². The first-order chi connectivity index (χ1) is 19.7. The summed E-state index contributed by atoms with van der Waals surface area (Å²) in [6.07, 6.45) is 1.44. The molecule has 0 heterocycles. The summed E-state index contributed by atoms with van der Waals surface area (Å²) in [7, 11) is 0. The fourth-order valence-corrected chi connectivity index (χ4v) is 5.41. The van der Waals surface area contributed by atoms with Gasteiger partial charge in [0.1, 0.15) is 5.70 Å². The van der Waals surface area contributed by atoms with Crippen LogP contribution < -0.4 is 16.0 Å². The molecule has 6 nitrogen and oxygen atoms in total. The van der Waals surface area contributed by atoms with Crippen LogP contribution in [-0.2, 0) is 9.59 Å². The number of nitrogens with one attached hydrogen (secondary N) is 3. The molecule has 3 N–H and O–H groups in total. The van der Waals surface area contributed by atoms with Crippen LogP contribution in [0.15, 0.2) is 108 Å². The number of thioether (sulfide) groups is 1. The Kier molecular flexibility index (Phi) is 10.9. The van der Waals surface area contributed by atoms with Gasteiger partial charge in [0, 0.05) is 41.0 Å². The van der Waals surface area contributed by atoms with Gasteiger partial charge >= 0.3 is 0 Å². The molecule has 1 atom stereocenters. The molecule has 1 unspecified atom stereocenters. The van der Waals surface area contributed by atoms with Crippen molar-refractivity contribution < 1.29 is 14.4 Å². The van der Waals surface area contributed by atoms with Gasteiger partial charge in [-0.2, -0.15) is 0 Å². The highest BCUT2D eigenvalue weighted by molar-refractivity contribution is 14.1. The first-order valence-corrected chi connectivity index (χ1v) is 15.1. The smallest absolute Gasteiger partial charge is 0.272 e. The SMILES string of the molecule is CC(Sc1cccc(NC(=O)/C(=C\c2c(Cl)cccc2Cl)NC(=O)c2ccccc2)c1)C(=O)Nc1ccc(I)cc1. The molecule has 3 amide bonds. The van der Waals surface area contributed by atoms with Crippen molar-refractivity contribution >= 4 is 92.7 Å². The molecule has 0 radical (unpaired) electrons. The number of anilines is 2. The largest absolute Gasteiger partial charge is 0.325 e. The number of halogens is 3. The molecule has 208 valence electrons. The number of carbonyl (C=O) groups is 3. The van der Waals surface area contributed by atoms with E-state index in [2.05, 4.69) is 38.5 Å². The van der Waals surface area contributed by atoms with Crippen LogP contribution in [0, 0.1) is 3.57 Å². The summed E-state index contributed by atoms with van der Waals surface area (Å²) in [5.41, 5.74) is 1.94. The number of rotatable bonds is 9. The highest BCUT2D eigenvalue weighted by atomic mass is 127. The van der Waals surface area contributed by atoms with Gasteiger partial charge in [0.2, 0.25) is 5.91 Å². The Morgan fingerprint density at radius 1 is 0.805 bits per heavy atom. The maximum Gasteiger partial charge on any atom is 0.272 e. The Morgan fingerprint density at radius 2 is 1.46 bits per heavy atom. The van der Waals surface area contributed by atoms with Crippen molar-refractivity contribution in [3.8, 4) is 0 Å². The molecule has 4 rings (SSSR count). The molecule has 41 heavy (non-hydrogen) atoms. The zero-order valence-electron chi connectivity index (χ0n) is 21.7. The van der Waals surface area contributed by atoms with Crippen molar-refractivity contribution in [2.75, 3.05) is 10.6 Å². The standard InChI is InChI=1S/C31H24Cl2IN3O3S/c1-19(29(38)35-22-15-13-21(34)14-16-22)41-24-10-5-9-23(17-24)36-31(40)28(18-25-26(32)11-6-12-27(25)33)37-30(39)20-7-3-2-4-8-20/h2-19H,1H3,(H,35,38)(H,36,40)(H,37,39)/b28-18+. The van der Waals surface area contributed by atoms with Crippen LogP contribution in [0.25, 0.3) is 6.08 Å². The maximum absolute atomic E-state index is 13.4. The molecular weight excluding hydrogens is 692 g/mol. The second-order valence-electron chi connectivity index (χ2n) is 8.75. The van der Waals surface area contributed by atoms with Gasteiger partial charge in [-0.05, 0) is 102 Å². The average Bonchev–Trinajstić information content (AvgIpc) is 2.96. The highest BCUT2D eigenvalue weighted by Gasteiger charge is 2.18. The van der Waals surface area contributed by atoms with E-state index in [-0.39, 0.29) is 11.6 Å². The molecule has 0 aliphatic carbocycles. The van der Waals surface area contributed by atoms with Crippen LogP contribution >= 0.6 is 57.6 Å². The Morgan fingerprint density at radius 3 is 2.15 bits per heavy atom. The molecule has 0 aliphatic rings. The van der Waals surface area contributed by atoms with Crippen molar-refractivity contribution in [1.82, 2.24) is 5.32 Å². The van der Waals surface area contributed by atoms with E-state index in [1.807, 2.05) is 37.3 Å². The third-order valence-electron chi connectivity index (χ3n) is 5.70. The summed E-state index contributed by atoms with van der Waals surface area (Å²) in [6.45, 7) is 1.81. The van der Waals surface area contributed by atoms with Gasteiger partial charge in [0.15, 0.2) is 0 Å². The average molecular weight is 716 g/mol. The topological polar surface area (TPSA) is 87.3 Å². The molecule has 0 aliphatic heterocycles. The van der Waals surface area contributed by atoms with Gasteiger partial charge in [-0.15, -0.1) is 11.8 Å². The second kappa shape index (κ2) is 14.5. The Hall–Kier alpha value is -3.31. The molecule has 10 heteroatoms. The minimum absolute atomic E-state index is 0.0443. The van der Waals surface area contributed by atoms with E-state index < -0.39 is 17.1 Å². The molecule has 0 saturated heterocycles. The number of hydrogen-bond donors (Lipinski definition) is 3. The highest BCUT2D eigenvalue weighted by Crippen LogP contribution is 2.29. The normalized spacial score (nSPS) is 11.9. The minimum atomic E-state index is -0.572.